The van der Waals surface area contributed by atoms with Gasteiger partial charge in [0.05, 0.1) is 23.8 Å². The van der Waals surface area contributed by atoms with Crippen molar-refractivity contribution in [3.63, 3.8) is 0 Å². The van der Waals surface area contributed by atoms with Crippen LogP contribution in [0.15, 0.2) is 12.1 Å². The second kappa shape index (κ2) is 4.45. The van der Waals surface area contributed by atoms with E-state index in [2.05, 4.69) is 4.74 Å². The predicted molar refractivity (Wildman–Crippen MR) is 52.2 cm³/mol. The molecule has 0 saturated carbocycles. The lowest BCUT2D eigenvalue weighted by atomic mass is 9.97. The largest absolute Gasteiger partial charge is 0.465 e. The van der Waals surface area contributed by atoms with Gasteiger partial charge in [-0.25, -0.2) is 4.79 Å². The molecule has 0 aliphatic carbocycles. The van der Waals surface area contributed by atoms with Gasteiger partial charge >= 0.3 is 12.1 Å². The van der Waals surface area contributed by atoms with Crippen molar-refractivity contribution >= 4 is 5.97 Å². The van der Waals surface area contributed by atoms with Crippen LogP contribution in [0.2, 0.25) is 0 Å². The summed E-state index contributed by atoms with van der Waals surface area (Å²) in [4.78, 5) is 11.3. The van der Waals surface area contributed by atoms with Crippen molar-refractivity contribution in [3.8, 4) is 6.07 Å². The van der Waals surface area contributed by atoms with Crippen LogP contribution in [0.1, 0.15) is 27.0 Å². The maximum atomic E-state index is 12.6. The first-order chi connectivity index (χ1) is 7.82. The second-order valence-electron chi connectivity index (χ2n) is 3.26. The highest BCUT2D eigenvalue weighted by atomic mass is 19.4. The number of carbonyl (C=O) groups is 1. The Morgan fingerprint density at radius 2 is 2.00 bits per heavy atom. The van der Waals surface area contributed by atoms with E-state index in [1.54, 1.807) is 0 Å². The van der Waals surface area contributed by atoms with Crippen molar-refractivity contribution in [3.05, 3.63) is 34.4 Å². The monoisotopic (exact) mass is 243 g/mol. The summed E-state index contributed by atoms with van der Waals surface area (Å²) in [6.07, 6.45) is -4.62. The Morgan fingerprint density at radius 1 is 1.41 bits per heavy atom. The first-order valence-electron chi connectivity index (χ1n) is 4.52. The minimum Gasteiger partial charge on any atom is -0.465 e. The van der Waals surface area contributed by atoms with Crippen molar-refractivity contribution in [2.75, 3.05) is 7.11 Å². The van der Waals surface area contributed by atoms with Crippen LogP contribution in [0.5, 0.6) is 0 Å². The van der Waals surface area contributed by atoms with E-state index in [0.717, 1.165) is 13.2 Å². The number of rotatable bonds is 1. The fourth-order valence-corrected chi connectivity index (χ4v) is 1.42. The van der Waals surface area contributed by atoms with E-state index in [9.17, 15) is 18.0 Å². The van der Waals surface area contributed by atoms with Gasteiger partial charge in [0, 0.05) is 0 Å². The molecule has 90 valence electrons. The zero-order chi connectivity index (χ0) is 13.2. The van der Waals surface area contributed by atoms with Crippen LogP contribution in [0.3, 0.4) is 0 Å². The van der Waals surface area contributed by atoms with E-state index >= 15 is 0 Å². The van der Waals surface area contributed by atoms with Crippen LogP contribution in [-0.4, -0.2) is 13.1 Å². The summed E-state index contributed by atoms with van der Waals surface area (Å²) in [7, 11) is 1.12. The van der Waals surface area contributed by atoms with Gasteiger partial charge in [-0.2, -0.15) is 18.4 Å². The van der Waals surface area contributed by atoms with Gasteiger partial charge in [0.25, 0.3) is 0 Å². The van der Waals surface area contributed by atoms with E-state index in [-0.39, 0.29) is 11.1 Å². The van der Waals surface area contributed by atoms with Crippen LogP contribution in [0.25, 0.3) is 0 Å². The molecule has 0 aromatic heterocycles. The molecule has 0 saturated heterocycles. The van der Waals surface area contributed by atoms with Crippen molar-refractivity contribution < 1.29 is 22.7 Å². The fourth-order valence-electron chi connectivity index (χ4n) is 1.42. The minimum absolute atomic E-state index is 0.0332. The highest BCUT2D eigenvalue weighted by Gasteiger charge is 2.35. The van der Waals surface area contributed by atoms with Crippen LogP contribution in [-0.2, 0) is 10.9 Å². The molecular weight excluding hydrogens is 235 g/mol. The topological polar surface area (TPSA) is 50.1 Å². The lowest BCUT2D eigenvalue weighted by Gasteiger charge is -2.12. The third kappa shape index (κ3) is 2.38. The summed E-state index contributed by atoms with van der Waals surface area (Å²) < 4.78 is 42.1. The molecule has 0 bridgehead atoms. The Bertz CT molecular complexity index is 501. The fraction of sp³-hybridized carbons (Fsp3) is 0.273. The van der Waals surface area contributed by atoms with Crippen molar-refractivity contribution in [2.24, 2.45) is 0 Å². The quantitative estimate of drug-likeness (QED) is 0.712. The van der Waals surface area contributed by atoms with Gasteiger partial charge in [-0.1, -0.05) is 0 Å². The molecule has 0 radical (unpaired) electrons. The number of nitriles is 1. The molecule has 0 N–H and O–H groups in total. The number of esters is 1. The smallest absolute Gasteiger partial charge is 0.417 e. The minimum atomic E-state index is -4.62. The summed E-state index contributed by atoms with van der Waals surface area (Å²) >= 11 is 0. The number of hydrogen-bond acceptors (Lipinski definition) is 3. The summed E-state index contributed by atoms with van der Waals surface area (Å²) in [6.45, 7) is 1.28. The molecule has 0 aliphatic rings. The summed E-state index contributed by atoms with van der Waals surface area (Å²) in [5.74, 6) is -0.771. The summed E-state index contributed by atoms with van der Waals surface area (Å²) in [6, 6.07) is 3.17. The van der Waals surface area contributed by atoms with Crippen LogP contribution in [0, 0.1) is 18.3 Å². The molecule has 1 aromatic rings. The average Bonchev–Trinajstić information content (AvgIpc) is 2.26. The van der Waals surface area contributed by atoms with E-state index in [1.807, 2.05) is 0 Å². The third-order valence-electron chi connectivity index (χ3n) is 2.29. The summed E-state index contributed by atoms with van der Waals surface area (Å²) in [5, 5.41) is 8.74. The van der Waals surface area contributed by atoms with E-state index in [1.165, 1.54) is 13.0 Å². The Morgan fingerprint density at radius 3 is 2.41 bits per heavy atom. The number of methoxy groups -OCH3 is 1. The number of ether oxygens (including phenoxy) is 1. The number of benzene rings is 1. The number of hydrogen-bond donors (Lipinski definition) is 0. The molecular formula is C11H8F3NO2. The first kappa shape index (κ1) is 13.0. The molecule has 0 unspecified atom stereocenters. The first-order valence-corrected chi connectivity index (χ1v) is 4.52. The second-order valence-corrected chi connectivity index (χ2v) is 3.26. The molecule has 0 atom stereocenters. The average molecular weight is 243 g/mol. The Labute approximate surface area is 95.4 Å². The van der Waals surface area contributed by atoms with Crippen molar-refractivity contribution in [1.29, 1.82) is 5.26 Å². The van der Waals surface area contributed by atoms with Gasteiger partial charge in [-0.15, -0.1) is 0 Å². The lowest BCUT2D eigenvalue weighted by molar-refractivity contribution is -0.137. The molecule has 6 heteroatoms. The van der Waals surface area contributed by atoms with Crippen molar-refractivity contribution in [1.82, 2.24) is 0 Å². The van der Waals surface area contributed by atoms with Gasteiger partial charge in [-0.3, -0.25) is 0 Å². The van der Waals surface area contributed by atoms with Gasteiger partial charge < -0.3 is 4.74 Å². The maximum absolute atomic E-state index is 12.6. The highest BCUT2D eigenvalue weighted by Crippen LogP contribution is 2.34. The van der Waals surface area contributed by atoms with Gasteiger partial charge in [0.15, 0.2) is 0 Å². The van der Waals surface area contributed by atoms with Crippen molar-refractivity contribution in [2.45, 2.75) is 13.1 Å². The normalized spacial score (nSPS) is 10.8. The number of alkyl halides is 3. The molecule has 17 heavy (non-hydrogen) atoms. The zero-order valence-corrected chi connectivity index (χ0v) is 9.05. The standard InChI is InChI=1S/C11H8F3NO2/c1-6-7(10(16)17-2)3-4-9(8(6)5-15)11(12,13)14/h3-4H,1-2H3. The number of halogens is 3. The molecule has 1 aromatic carbocycles. The van der Waals surface area contributed by atoms with E-state index in [4.69, 9.17) is 5.26 Å². The van der Waals surface area contributed by atoms with Gasteiger partial charge in [0.2, 0.25) is 0 Å². The van der Waals surface area contributed by atoms with Gasteiger partial charge in [0.1, 0.15) is 6.07 Å². The number of carbonyl (C=O) groups excluding carboxylic acids is 1. The Kier molecular flexibility index (Phi) is 3.42. The molecule has 1 rings (SSSR count). The highest BCUT2D eigenvalue weighted by molar-refractivity contribution is 5.91. The molecule has 0 aliphatic heterocycles. The predicted octanol–water partition coefficient (Wildman–Crippen LogP) is 2.67. The van der Waals surface area contributed by atoms with E-state index < -0.39 is 23.3 Å². The Hall–Kier alpha value is -2.03. The third-order valence-corrected chi connectivity index (χ3v) is 2.29. The summed E-state index contributed by atoms with van der Waals surface area (Å²) in [5.41, 5.74) is -1.68. The molecule has 0 heterocycles. The number of nitrogens with zero attached hydrogens (tertiary/aromatic N) is 1. The Balaban J connectivity index is 3.50. The molecule has 0 amide bonds. The van der Waals surface area contributed by atoms with E-state index in [0.29, 0.717) is 6.07 Å². The SMILES string of the molecule is COC(=O)c1ccc(C(F)(F)F)c(C#N)c1C. The van der Waals surface area contributed by atoms with Crippen LogP contribution in [0.4, 0.5) is 13.2 Å². The van der Waals surface area contributed by atoms with Crippen LogP contribution >= 0.6 is 0 Å². The molecule has 3 nitrogen and oxygen atoms in total. The zero-order valence-electron chi connectivity index (χ0n) is 9.05. The van der Waals surface area contributed by atoms with Crippen LogP contribution < -0.4 is 0 Å². The lowest BCUT2D eigenvalue weighted by Crippen LogP contribution is -2.12. The molecule has 0 spiro atoms. The molecule has 0 fully saturated rings. The maximum Gasteiger partial charge on any atom is 0.417 e. The van der Waals surface area contributed by atoms with Gasteiger partial charge in [-0.05, 0) is 24.6 Å².